The number of piperidine rings is 1. The molecule has 0 saturated carbocycles. The van der Waals surface area contributed by atoms with E-state index in [2.05, 4.69) is 11.0 Å². The van der Waals surface area contributed by atoms with Gasteiger partial charge in [-0.1, -0.05) is 6.42 Å². The third-order valence-corrected chi connectivity index (χ3v) is 3.94. The first-order valence-corrected chi connectivity index (χ1v) is 7.13. The highest BCUT2D eigenvalue weighted by Crippen LogP contribution is 2.23. The maximum atomic E-state index is 13.4. The van der Waals surface area contributed by atoms with Crippen LogP contribution in [0.25, 0.3) is 0 Å². The predicted octanol–water partition coefficient (Wildman–Crippen LogP) is 2.61. The van der Waals surface area contributed by atoms with Crippen molar-refractivity contribution in [1.29, 1.82) is 5.26 Å². The van der Waals surface area contributed by atoms with Crippen molar-refractivity contribution in [2.24, 2.45) is 0 Å². The van der Waals surface area contributed by atoms with Gasteiger partial charge in [0.1, 0.15) is 5.82 Å². The standard InChI is InChI=1S/C16H19FN2O2/c1-21-16(20)9-15-4-2-3-7-19(15)11-13-8-14(17)6-5-12(13)10-18/h5-6,8,15H,2-4,7,9,11H2,1H3. The molecule has 5 heteroatoms. The molecule has 1 unspecified atom stereocenters. The molecule has 0 aliphatic carbocycles. The Morgan fingerprint density at radius 2 is 2.33 bits per heavy atom. The zero-order valence-corrected chi connectivity index (χ0v) is 12.1. The summed E-state index contributed by atoms with van der Waals surface area (Å²) in [7, 11) is 1.38. The molecule has 1 saturated heterocycles. The molecule has 0 spiro atoms. The van der Waals surface area contributed by atoms with Gasteiger partial charge in [0.25, 0.3) is 0 Å². The number of rotatable bonds is 4. The normalized spacial score (nSPS) is 19.0. The summed E-state index contributed by atoms with van der Waals surface area (Å²) >= 11 is 0. The van der Waals surface area contributed by atoms with Crippen LogP contribution in [-0.4, -0.2) is 30.6 Å². The molecular formula is C16H19FN2O2. The van der Waals surface area contributed by atoms with E-state index in [9.17, 15) is 9.18 Å². The lowest BCUT2D eigenvalue weighted by Crippen LogP contribution is -2.40. The van der Waals surface area contributed by atoms with Crippen LogP contribution in [0, 0.1) is 17.1 Å². The minimum absolute atomic E-state index is 0.0982. The Morgan fingerprint density at radius 1 is 1.52 bits per heavy atom. The summed E-state index contributed by atoms with van der Waals surface area (Å²) in [5.74, 6) is -0.572. The zero-order chi connectivity index (χ0) is 15.2. The van der Waals surface area contributed by atoms with Crippen molar-refractivity contribution in [1.82, 2.24) is 4.90 Å². The average molecular weight is 290 g/mol. The van der Waals surface area contributed by atoms with Crippen molar-refractivity contribution in [2.75, 3.05) is 13.7 Å². The van der Waals surface area contributed by atoms with Crippen molar-refractivity contribution in [3.63, 3.8) is 0 Å². The van der Waals surface area contributed by atoms with Gasteiger partial charge in [0, 0.05) is 12.6 Å². The fourth-order valence-corrected chi connectivity index (χ4v) is 2.80. The van der Waals surface area contributed by atoms with Crippen molar-refractivity contribution in [2.45, 2.75) is 38.3 Å². The van der Waals surface area contributed by atoms with Crippen molar-refractivity contribution in [3.8, 4) is 6.07 Å². The second-order valence-electron chi connectivity index (χ2n) is 5.31. The first-order valence-electron chi connectivity index (χ1n) is 7.13. The molecule has 0 N–H and O–H groups in total. The highest BCUT2D eigenvalue weighted by atomic mass is 19.1. The van der Waals surface area contributed by atoms with Gasteiger partial charge in [-0.25, -0.2) is 4.39 Å². The minimum atomic E-state index is -0.342. The molecule has 21 heavy (non-hydrogen) atoms. The summed E-state index contributed by atoms with van der Waals surface area (Å²) in [5, 5.41) is 9.12. The quantitative estimate of drug-likeness (QED) is 0.800. The van der Waals surface area contributed by atoms with Crippen LogP contribution in [0.5, 0.6) is 0 Å². The molecule has 1 atom stereocenters. The molecule has 2 rings (SSSR count). The van der Waals surface area contributed by atoms with Crippen LogP contribution in [0.1, 0.15) is 36.8 Å². The molecule has 1 heterocycles. The summed E-state index contributed by atoms with van der Waals surface area (Å²) in [4.78, 5) is 13.6. The fraction of sp³-hybridized carbons (Fsp3) is 0.500. The number of esters is 1. The smallest absolute Gasteiger partial charge is 0.307 e. The topological polar surface area (TPSA) is 53.3 Å². The molecule has 0 radical (unpaired) electrons. The van der Waals surface area contributed by atoms with E-state index in [4.69, 9.17) is 10.00 Å². The van der Waals surface area contributed by atoms with E-state index < -0.39 is 0 Å². The number of hydrogen-bond acceptors (Lipinski definition) is 4. The van der Waals surface area contributed by atoms with Gasteiger partial charge in [-0.2, -0.15) is 5.26 Å². The van der Waals surface area contributed by atoms with Crippen LogP contribution < -0.4 is 0 Å². The Morgan fingerprint density at radius 3 is 3.05 bits per heavy atom. The lowest BCUT2D eigenvalue weighted by molar-refractivity contribution is -0.142. The average Bonchev–Trinajstić information content (AvgIpc) is 2.49. The molecule has 1 aromatic rings. The van der Waals surface area contributed by atoms with Crippen LogP contribution in [0.15, 0.2) is 18.2 Å². The number of methoxy groups -OCH3 is 1. The highest BCUT2D eigenvalue weighted by Gasteiger charge is 2.25. The van der Waals surface area contributed by atoms with E-state index in [1.54, 1.807) is 0 Å². The van der Waals surface area contributed by atoms with Gasteiger partial charge in [0.2, 0.25) is 0 Å². The highest BCUT2D eigenvalue weighted by molar-refractivity contribution is 5.69. The fourth-order valence-electron chi connectivity index (χ4n) is 2.80. The molecule has 112 valence electrons. The maximum Gasteiger partial charge on any atom is 0.307 e. The van der Waals surface area contributed by atoms with Gasteiger partial charge < -0.3 is 4.74 Å². The van der Waals surface area contributed by atoms with Crippen molar-refractivity contribution in [3.05, 3.63) is 35.1 Å². The minimum Gasteiger partial charge on any atom is -0.469 e. The Hall–Kier alpha value is -1.93. The molecule has 0 amide bonds. The van der Waals surface area contributed by atoms with Crippen LogP contribution in [0.3, 0.4) is 0 Å². The number of hydrogen-bond donors (Lipinski definition) is 0. The van der Waals surface area contributed by atoms with E-state index in [0.29, 0.717) is 24.1 Å². The monoisotopic (exact) mass is 290 g/mol. The first-order chi connectivity index (χ1) is 10.1. The summed E-state index contributed by atoms with van der Waals surface area (Å²) in [6.45, 7) is 1.34. The van der Waals surface area contributed by atoms with Crippen LogP contribution >= 0.6 is 0 Å². The van der Waals surface area contributed by atoms with Crippen molar-refractivity contribution < 1.29 is 13.9 Å². The number of ether oxygens (including phenoxy) is 1. The van der Waals surface area contributed by atoms with Crippen LogP contribution in [-0.2, 0) is 16.1 Å². The van der Waals surface area contributed by atoms with E-state index in [1.165, 1.54) is 25.3 Å². The van der Waals surface area contributed by atoms with Gasteiger partial charge in [-0.3, -0.25) is 9.69 Å². The SMILES string of the molecule is COC(=O)CC1CCCCN1Cc1cc(F)ccc1C#N. The zero-order valence-electron chi connectivity index (χ0n) is 12.1. The Balaban J connectivity index is 2.14. The van der Waals surface area contributed by atoms with Gasteiger partial charge in [0.05, 0.1) is 25.2 Å². The number of carbonyl (C=O) groups is 1. The number of halogens is 1. The molecule has 0 bridgehead atoms. The molecule has 1 fully saturated rings. The number of carbonyl (C=O) groups excluding carboxylic acids is 1. The summed E-state index contributed by atoms with van der Waals surface area (Å²) < 4.78 is 18.1. The van der Waals surface area contributed by atoms with Gasteiger partial charge in [0.15, 0.2) is 0 Å². The van der Waals surface area contributed by atoms with Crippen molar-refractivity contribution >= 4 is 5.97 Å². The summed E-state index contributed by atoms with van der Waals surface area (Å²) in [6.07, 6.45) is 3.39. The van der Waals surface area contributed by atoms with E-state index >= 15 is 0 Å². The summed E-state index contributed by atoms with van der Waals surface area (Å²) in [6, 6.07) is 6.40. The van der Waals surface area contributed by atoms with Gasteiger partial charge in [-0.15, -0.1) is 0 Å². The van der Waals surface area contributed by atoms with Crippen LogP contribution in [0.2, 0.25) is 0 Å². The molecule has 1 aliphatic heterocycles. The molecular weight excluding hydrogens is 271 g/mol. The number of likely N-dealkylation sites (tertiary alicyclic amines) is 1. The summed E-state index contributed by atoms with van der Waals surface area (Å²) in [5.41, 5.74) is 1.16. The largest absolute Gasteiger partial charge is 0.469 e. The van der Waals surface area contributed by atoms with Gasteiger partial charge in [-0.05, 0) is 43.1 Å². The lowest BCUT2D eigenvalue weighted by atomic mass is 9.97. The Bertz CT molecular complexity index is 554. The first kappa shape index (κ1) is 15.5. The van der Waals surface area contributed by atoms with E-state index in [0.717, 1.165) is 25.8 Å². The maximum absolute atomic E-state index is 13.4. The second kappa shape index (κ2) is 7.19. The number of nitriles is 1. The predicted molar refractivity (Wildman–Crippen MR) is 75.8 cm³/mol. The lowest BCUT2D eigenvalue weighted by Gasteiger charge is -2.35. The van der Waals surface area contributed by atoms with E-state index in [1.807, 2.05) is 0 Å². The van der Waals surface area contributed by atoms with E-state index in [-0.39, 0.29) is 17.8 Å². The second-order valence-corrected chi connectivity index (χ2v) is 5.31. The van der Waals surface area contributed by atoms with Crippen LogP contribution in [0.4, 0.5) is 4.39 Å². The number of nitrogens with zero attached hydrogens (tertiary/aromatic N) is 2. The van der Waals surface area contributed by atoms with Gasteiger partial charge >= 0.3 is 5.97 Å². The molecule has 4 nitrogen and oxygen atoms in total. The Labute approximate surface area is 124 Å². The Kier molecular flexibility index (Phi) is 5.29. The third kappa shape index (κ3) is 4.02. The molecule has 1 aromatic carbocycles. The molecule has 0 aromatic heterocycles. The third-order valence-electron chi connectivity index (χ3n) is 3.94. The number of benzene rings is 1. The molecule has 1 aliphatic rings.